The van der Waals surface area contributed by atoms with E-state index in [0.29, 0.717) is 37.7 Å². The van der Waals surface area contributed by atoms with Crippen LogP contribution in [0.3, 0.4) is 0 Å². The molecular formula is C23H39N5O2. The average molecular weight is 418 g/mol. The van der Waals surface area contributed by atoms with E-state index < -0.39 is 0 Å². The second-order valence-corrected chi connectivity index (χ2v) is 9.59. The molecular weight excluding hydrogens is 378 g/mol. The topological polar surface area (TPSA) is 70.5 Å². The lowest BCUT2D eigenvalue weighted by molar-refractivity contribution is -0.125. The van der Waals surface area contributed by atoms with Gasteiger partial charge in [-0.1, -0.05) is 33.1 Å². The first-order valence-electron chi connectivity index (χ1n) is 11.6. The SMILES string of the molecule is Cc1cc(C(=O)N2CCCN(CC(C)C)C3(CCCCC3)CC(=O)NCC2)nn1C. The first-order chi connectivity index (χ1) is 14.3. The van der Waals surface area contributed by atoms with Crippen molar-refractivity contribution < 1.29 is 9.59 Å². The van der Waals surface area contributed by atoms with E-state index in [-0.39, 0.29) is 17.4 Å². The monoisotopic (exact) mass is 417 g/mol. The molecule has 0 unspecified atom stereocenters. The third-order valence-corrected chi connectivity index (χ3v) is 6.71. The van der Waals surface area contributed by atoms with Crippen molar-refractivity contribution in [2.24, 2.45) is 13.0 Å². The van der Waals surface area contributed by atoms with E-state index in [1.807, 2.05) is 24.9 Å². The molecule has 1 saturated heterocycles. The summed E-state index contributed by atoms with van der Waals surface area (Å²) in [5, 5.41) is 7.46. The Labute approximate surface area is 181 Å². The molecule has 7 nitrogen and oxygen atoms in total. The molecule has 3 rings (SSSR count). The Hall–Kier alpha value is -1.89. The molecule has 1 N–H and O–H groups in total. The van der Waals surface area contributed by atoms with Crippen LogP contribution < -0.4 is 5.32 Å². The van der Waals surface area contributed by atoms with E-state index in [2.05, 4.69) is 29.2 Å². The molecule has 0 atom stereocenters. The van der Waals surface area contributed by atoms with Crippen LogP contribution in [0, 0.1) is 12.8 Å². The van der Waals surface area contributed by atoms with Gasteiger partial charge in [0, 0.05) is 57.4 Å². The van der Waals surface area contributed by atoms with E-state index in [4.69, 9.17) is 0 Å². The fourth-order valence-corrected chi connectivity index (χ4v) is 5.06. The molecule has 2 amide bonds. The van der Waals surface area contributed by atoms with Crippen LogP contribution in [0.1, 0.15) is 75.0 Å². The van der Waals surface area contributed by atoms with Gasteiger partial charge in [0.05, 0.1) is 0 Å². The van der Waals surface area contributed by atoms with Gasteiger partial charge in [-0.3, -0.25) is 19.2 Å². The Bertz CT molecular complexity index is 716. The van der Waals surface area contributed by atoms with Crippen molar-refractivity contribution in [2.75, 3.05) is 32.7 Å². The lowest BCUT2D eigenvalue weighted by Crippen LogP contribution is -2.54. The number of aryl methyl sites for hydroxylation is 2. The molecule has 1 aromatic heterocycles. The molecule has 30 heavy (non-hydrogen) atoms. The zero-order chi connectivity index (χ0) is 21.7. The summed E-state index contributed by atoms with van der Waals surface area (Å²) in [6.07, 6.45) is 7.36. The summed E-state index contributed by atoms with van der Waals surface area (Å²) in [5.74, 6) is 0.620. The smallest absolute Gasteiger partial charge is 0.274 e. The van der Waals surface area contributed by atoms with Crippen LogP contribution in [0.25, 0.3) is 0 Å². The van der Waals surface area contributed by atoms with Crippen LogP contribution in [0.2, 0.25) is 0 Å². The van der Waals surface area contributed by atoms with Crippen molar-refractivity contribution in [1.29, 1.82) is 0 Å². The standard InChI is InChI=1S/C23H39N5O2/c1-18(2)17-28-13-8-12-27(22(30)20-15-19(3)26(4)25-20)14-11-24-21(29)16-23(28)9-6-5-7-10-23/h15,18H,5-14,16-17H2,1-4H3,(H,24,29). The van der Waals surface area contributed by atoms with E-state index in [0.717, 1.165) is 38.0 Å². The predicted octanol–water partition coefficient (Wildman–Crippen LogP) is 2.74. The van der Waals surface area contributed by atoms with E-state index in [1.165, 1.54) is 19.3 Å². The van der Waals surface area contributed by atoms with Gasteiger partial charge in [-0.25, -0.2) is 0 Å². The molecule has 0 bridgehead atoms. The lowest BCUT2D eigenvalue weighted by Gasteiger charge is -2.47. The van der Waals surface area contributed by atoms with E-state index in [1.54, 1.807) is 4.68 Å². The van der Waals surface area contributed by atoms with Crippen molar-refractivity contribution >= 4 is 11.8 Å². The largest absolute Gasteiger partial charge is 0.354 e. The van der Waals surface area contributed by atoms with Gasteiger partial charge in [0.2, 0.25) is 5.91 Å². The van der Waals surface area contributed by atoms with E-state index >= 15 is 0 Å². The normalized spacial score (nSPS) is 21.5. The van der Waals surface area contributed by atoms with Crippen LogP contribution in [0.5, 0.6) is 0 Å². The fourth-order valence-electron chi connectivity index (χ4n) is 5.06. The third kappa shape index (κ3) is 5.42. The minimum Gasteiger partial charge on any atom is -0.354 e. The van der Waals surface area contributed by atoms with Gasteiger partial charge >= 0.3 is 0 Å². The molecule has 1 aliphatic carbocycles. The van der Waals surface area contributed by atoms with Crippen LogP contribution in [-0.2, 0) is 11.8 Å². The fraction of sp³-hybridized carbons (Fsp3) is 0.783. The third-order valence-electron chi connectivity index (χ3n) is 6.71. The van der Waals surface area contributed by atoms with Crippen molar-refractivity contribution in [2.45, 2.75) is 71.3 Å². The zero-order valence-corrected chi connectivity index (χ0v) is 19.2. The number of carbonyl (C=O) groups is 2. The maximum atomic E-state index is 13.1. The summed E-state index contributed by atoms with van der Waals surface area (Å²) in [5.41, 5.74) is 1.43. The Balaban J connectivity index is 1.78. The molecule has 7 heteroatoms. The van der Waals surface area contributed by atoms with Gasteiger partial charge in [-0.05, 0) is 38.2 Å². The molecule has 2 aliphatic rings. The number of hydrogen-bond acceptors (Lipinski definition) is 4. The Morgan fingerprint density at radius 3 is 2.53 bits per heavy atom. The molecule has 2 heterocycles. The van der Waals surface area contributed by atoms with Gasteiger partial charge in [0.25, 0.3) is 5.91 Å². The number of hydrogen-bond donors (Lipinski definition) is 1. The maximum absolute atomic E-state index is 13.1. The highest BCUT2D eigenvalue weighted by Gasteiger charge is 2.40. The minimum atomic E-state index is -0.0463. The summed E-state index contributed by atoms with van der Waals surface area (Å²) in [6, 6.07) is 1.84. The van der Waals surface area contributed by atoms with Crippen molar-refractivity contribution in [3.63, 3.8) is 0 Å². The Morgan fingerprint density at radius 1 is 1.17 bits per heavy atom. The molecule has 2 fully saturated rings. The molecule has 1 spiro atoms. The van der Waals surface area contributed by atoms with Gasteiger partial charge in [0.15, 0.2) is 5.69 Å². The number of carbonyl (C=O) groups excluding carboxylic acids is 2. The second kappa shape index (κ2) is 9.94. The van der Waals surface area contributed by atoms with Crippen LogP contribution >= 0.6 is 0 Å². The van der Waals surface area contributed by atoms with Gasteiger partial charge in [-0.2, -0.15) is 5.10 Å². The molecule has 0 radical (unpaired) electrons. The Morgan fingerprint density at radius 2 is 1.90 bits per heavy atom. The van der Waals surface area contributed by atoms with Crippen LogP contribution in [0.4, 0.5) is 0 Å². The first-order valence-corrected chi connectivity index (χ1v) is 11.6. The lowest BCUT2D eigenvalue weighted by atomic mass is 9.77. The molecule has 1 aliphatic heterocycles. The Kier molecular flexibility index (Phi) is 7.55. The van der Waals surface area contributed by atoms with Crippen LogP contribution in [0.15, 0.2) is 6.07 Å². The summed E-state index contributed by atoms with van der Waals surface area (Å²) in [6.45, 7) is 10.1. The highest BCUT2D eigenvalue weighted by molar-refractivity contribution is 5.92. The predicted molar refractivity (Wildman–Crippen MR) is 118 cm³/mol. The highest BCUT2D eigenvalue weighted by atomic mass is 16.2. The summed E-state index contributed by atoms with van der Waals surface area (Å²) in [4.78, 5) is 30.4. The second-order valence-electron chi connectivity index (χ2n) is 9.59. The zero-order valence-electron chi connectivity index (χ0n) is 19.2. The molecule has 1 saturated carbocycles. The summed E-state index contributed by atoms with van der Waals surface area (Å²) < 4.78 is 1.73. The average Bonchev–Trinajstić information content (AvgIpc) is 3.03. The van der Waals surface area contributed by atoms with Gasteiger partial charge in [-0.15, -0.1) is 0 Å². The number of nitrogens with one attached hydrogen (secondary N) is 1. The maximum Gasteiger partial charge on any atom is 0.274 e. The van der Waals surface area contributed by atoms with Crippen molar-refractivity contribution in [3.05, 3.63) is 17.5 Å². The van der Waals surface area contributed by atoms with Crippen molar-refractivity contribution in [1.82, 2.24) is 24.9 Å². The molecule has 168 valence electrons. The van der Waals surface area contributed by atoms with Gasteiger partial charge < -0.3 is 10.2 Å². The quantitative estimate of drug-likeness (QED) is 0.821. The highest BCUT2D eigenvalue weighted by Crippen LogP contribution is 2.37. The van der Waals surface area contributed by atoms with Crippen LogP contribution in [-0.4, -0.2) is 69.7 Å². The van der Waals surface area contributed by atoms with Gasteiger partial charge in [0.1, 0.15) is 0 Å². The molecule has 1 aromatic rings. The molecule has 0 aromatic carbocycles. The van der Waals surface area contributed by atoms with Crippen molar-refractivity contribution in [3.8, 4) is 0 Å². The van der Waals surface area contributed by atoms with E-state index in [9.17, 15) is 9.59 Å². The number of amides is 2. The first kappa shape index (κ1) is 22.8. The minimum absolute atomic E-state index is 0.0239. The number of aromatic nitrogens is 2. The summed E-state index contributed by atoms with van der Waals surface area (Å²) >= 11 is 0. The number of rotatable bonds is 3. The number of nitrogens with zero attached hydrogens (tertiary/aromatic N) is 4. The summed E-state index contributed by atoms with van der Waals surface area (Å²) in [7, 11) is 1.85.